The molecule has 0 amide bonds. The van der Waals surface area contributed by atoms with Gasteiger partial charge in [-0.2, -0.15) is 0 Å². The lowest BCUT2D eigenvalue weighted by Crippen LogP contribution is -2.04. The van der Waals surface area contributed by atoms with Gasteiger partial charge in [-0.1, -0.05) is 413 Å². The smallest absolute Gasteiger partial charge is 0.0547 e. The van der Waals surface area contributed by atoms with Gasteiger partial charge in [0.1, 0.15) is 0 Å². The molecule has 122 heavy (non-hydrogen) atoms. The average molecular weight is 1550 g/mol. The third kappa shape index (κ3) is 11.3. The molecule has 2 heterocycles. The number of hydrogen-bond donors (Lipinski definition) is 0. The Morgan fingerprint density at radius 3 is 0.434 bits per heavy atom. The minimum Gasteiger partial charge on any atom is -0.309 e. The molecule has 0 bridgehead atoms. The second-order valence-corrected chi connectivity index (χ2v) is 32.3. The van der Waals surface area contributed by atoms with Crippen molar-refractivity contribution >= 4 is 97.5 Å². The van der Waals surface area contributed by atoms with Gasteiger partial charge in [-0.05, 0) is 236 Å². The lowest BCUT2D eigenvalue weighted by Gasteiger charge is -2.30. The molecule has 0 saturated heterocycles. The molecule has 0 radical (unpaired) electrons. The predicted molar refractivity (Wildman–Crippen MR) is 519 cm³/mol. The van der Waals surface area contributed by atoms with Crippen molar-refractivity contribution in [2.24, 2.45) is 0 Å². The van der Waals surface area contributed by atoms with Crippen molar-refractivity contribution in [3.8, 4) is 145 Å². The predicted octanol–water partition coefficient (Wildman–Crippen LogP) is 33.1. The molecule has 0 unspecified atom stereocenters. The van der Waals surface area contributed by atoms with Crippen LogP contribution in [0.1, 0.15) is 0 Å². The molecule has 0 fully saturated rings. The molecular weight excluding hydrogens is 1470 g/mol. The van der Waals surface area contributed by atoms with Crippen molar-refractivity contribution < 1.29 is 0 Å². The van der Waals surface area contributed by atoms with Gasteiger partial charge in [0.15, 0.2) is 0 Å². The highest BCUT2D eigenvalue weighted by Crippen LogP contribution is 2.62. The Kier molecular flexibility index (Phi) is 16.7. The standard InChI is InChI=1S/C120H76N2/c1-13-37-77(38-14-1)89-61-65-95-96-66-62-90(78-39-15-2-16-40-78)70-104(96)121(103(95)69-89)93-73-99-115-100(74-93)118-112(86-55-31-10-32-56-86)108(82-47-23-6-24-48-82)110(84-51-27-8-28-52-84)114(88-59-35-12-36-60-88)120(118)102-76-94(122-105-71-91(79-41-17-3-18-42-79)63-67-97(105)98-68-64-92(72-106(98)122)80-43-19-4-20-44-80)75-101(116(102)115)119-113(87-57-33-11-34-58-87)109(83-49-25-7-26-50-83)107(81-45-21-5-22-46-81)111(117(99)119)85-53-29-9-30-54-85/h1-76H. The lowest BCUT2D eigenvalue weighted by molar-refractivity contribution is 1.19. The number of benzene rings is 22. The van der Waals surface area contributed by atoms with Gasteiger partial charge in [-0.15, -0.1) is 0 Å². The van der Waals surface area contributed by atoms with Crippen molar-refractivity contribution in [3.63, 3.8) is 0 Å². The van der Waals surface area contributed by atoms with Crippen LogP contribution in [0.3, 0.4) is 0 Å². The second-order valence-electron chi connectivity index (χ2n) is 32.3. The SMILES string of the molecule is c1ccc(-c2ccc3c4ccc(-c5ccccc5)cc4n(-c4cc5c6c(-c7ccccc7)c(-c7ccccc7)c(-c7ccccc7)c(-c7ccccc7)c6c6cc(-n7c8cc(-c9ccccc9)ccc8c8ccc(-c9ccccc9)cc87)cc7c8c(-c9ccccc9)c(-c9ccccc9)c(-c9ccccc9)c(-c9ccccc9)c8c(c4)c5c67)c3c2)cc1. The molecule has 0 N–H and O–H groups in total. The van der Waals surface area contributed by atoms with E-state index in [0.717, 1.165) is 210 Å². The van der Waals surface area contributed by atoms with Crippen LogP contribution in [0, 0.1) is 0 Å². The van der Waals surface area contributed by atoms with Crippen LogP contribution in [-0.4, -0.2) is 9.13 Å². The van der Waals surface area contributed by atoms with Crippen LogP contribution < -0.4 is 0 Å². The number of fused-ring (bicyclic) bond motifs is 12. The molecule has 2 nitrogen and oxygen atoms in total. The Morgan fingerprint density at radius 2 is 0.262 bits per heavy atom. The van der Waals surface area contributed by atoms with E-state index in [2.05, 4.69) is 470 Å². The highest BCUT2D eigenvalue weighted by atomic mass is 15.0. The molecule has 0 aliphatic rings. The van der Waals surface area contributed by atoms with E-state index >= 15 is 0 Å². The Morgan fingerprint density at radius 1 is 0.107 bits per heavy atom. The summed E-state index contributed by atoms with van der Waals surface area (Å²) in [6, 6.07) is 174. The van der Waals surface area contributed by atoms with Crippen LogP contribution in [0.2, 0.25) is 0 Å². The minimum absolute atomic E-state index is 1.05. The summed E-state index contributed by atoms with van der Waals surface area (Å²) in [4.78, 5) is 0. The summed E-state index contributed by atoms with van der Waals surface area (Å²) in [7, 11) is 0. The maximum Gasteiger partial charge on any atom is 0.0547 e. The van der Waals surface area contributed by atoms with Gasteiger partial charge in [-0.3, -0.25) is 0 Å². The largest absolute Gasteiger partial charge is 0.309 e. The maximum absolute atomic E-state index is 2.64. The molecule has 566 valence electrons. The molecule has 22 aromatic carbocycles. The van der Waals surface area contributed by atoms with Gasteiger partial charge < -0.3 is 9.13 Å². The van der Waals surface area contributed by atoms with Gasteiger partial charge in [0.2, 0.25) is 0 Å². The molecule has 0 aliphatic heterocycles. The summed E-state index contributed by atoms with van der Waals surface area (Å²) >= 11 is 0. The highest BCUT2D eigenvalue weighted by Gasteiger charge is 2.34. The van der Waals surface area contributed by atoms with E-state index in [1.54, 1.807) is 0 Å². The molecule has 24 rings (SSSR count). The molecule has 0 spiro atoms. The molecule has 0 aliphatic carbocycles. The Labute approximate surface area is 707 Å². The fourth-order valence-electron chi connectivity index (χ4n) is 20.4. The summed E-state index contributed by atoms with van der Waals surface area (Å²) < 4.78 is 5.27. The van der Waals surface area contributed by atoms with Crippen molar-refractivity contribution in [2.75, 3.05) is 0 Å². The van der Waals surface area contributed by atoms with Crippen LogP contribution >= 0.6 is 0 Å². The molecule has 0 saturated carbocycles. The summed E-state index contributed by atoms with van der Waals surface area (Å²) in [5.41, 5.74) is 34.0. The first-order valence-corrected chi connectivity index (χ1v) is 42.3. The zero-order valence-electron chi connectivity index (χ0n) is 66.8. The summed E-state index contributed by atoms with van der Waals surface area (Å²) in [5, 5.41) is 16.3. The zero-order chi connectivity index (χ0) is 80.3. The second kappa shape index (κ2) is 29.0. The fraction of sp³-hybridized carbons (Fsp3) is 0. The Bertz CT molecular complexity index is 7220. The third-order valence-corrected chi connectivity index (χ3v) is 25.6. The first-order chi connectivity index (χ1) is 60.6. The van der Waals surface area contributed by atoms with E-state index in [4.69, 9.17) is 0 Å². The van der Waals surface area contributed by atoms with Gasteiger partial charge >= 0.3 is 0 Å². The summed E-state index contributed by atoms with van der Waals surface area (Å²) in [5.74, 6) is 0. The van der Waals surface area contributed by atoms with Crippen LogP contribution in [0.15, 0.2) is 461 Å². The molecular formula is C120H76N2. The Hall–Kier alpha value is -16.0. The monoisotopic (exact) mass is 1540 g/mol. The topological polar surface area (TPSA) is 9.86 Å². The van der Waals surface area contributed by atoms with E-state index in [-0.39, 0.29) is 0 Å². The quantitative estimate of drug-likeness (QED) is 0.0759. The van der Waals surface area contributed by atoms with Crippen molar-refractivity contribution in [3.05, 3.63) is 461 Å². The highest BCUT2D eigenvalue weighted by molar-refractivity contribution is 6.47. The molecule has 0 atom stereocenters. The number of hydrogen-bond acceptors (Lipinski definition) is 0. The average Bonchev–Trinajstić information content (AvgIpc) is 0.670. The van der Waals surface area contributed by atoms with Crippen LogP contribution in [0.5, 0.6) is 0 Å². The number of rotatable bonds is 14. The van der Waals surface area contributed by atoms with E-state index in [9.17, 15) is 0 Å². The summed E-state index contributed by atoms with van der Waals surface area (Å²) in [6.45, 7) is 0. The van der Waals surface area contributed by atoms with E-state index in [1.807, 2.05) is 0 Å². The first-order valence-electron chi connectivity index (χ1n) is 42.3. The zero-order valence-corrected chi connectivity index (χ0v) is 66.8. The Balaban J connectivity index is 1.04. The minimum atomic E-state index is 1.05. The van der Waals surface area contributed by atoms with Crippen LogP contribution in [-0.2, 0) is 0 Å². The molecule has 2 aromatic heterocycles. The van der Waals surface area contributed by atoms with Gasteiger partial charge in [0.25, 0.3) is 0 Å². The molecule has 24 aromatic rings. The van der Waals surface area contributed by atoms with Gasteiger partial charge in [0.05, 0.1) is 22.1 Å². The normalized spacial score (nSPS) is 11.8. The summed E-state index contributed by atoms with van der Waals surface area (Å²) in [6.07, 6.45) is 0. The maximum atomic E-state index is 2.64. The molecule has 2 heteroatoms. The fourth-order valence-corrected chi connectivity index (χ4v) is 20.4. The van der Waals surface area contributed by atoms with E-state index in [1.165, 1.54) is 32.3 Å². The first kappa shape index (κ1) is 70.2. The lowest BCUT2D eigenvalue weighted by atomic mass is 9.73. The van der Waals surface area contributed by atoms with Gasteiger partial charge in [0, 0.05) is 32.9 Å². The van der Waals surface area contributed by atoms with E-state index in [0.29, 0.717) is 0 Å². The van der Waals surface area contributed by atoms with Crippen molar-refractivity contribution in [1.82, 2.24) is 9.13 Å². The number of nitrogens with zero attached hydrogens (tertiary/aromatic N) is 2. The van der Waals surface area contributed by atoms with E-state index < -0.39 is 0 Å². The number of aromatic nitrogens is 2. The van der Waals surface area contributed by atoms with Crippen molar-refractivity contribution in [2.45, 2.75) is 0 Å². The third-order valence-electron chi connectivity index (χ3n) is 25.6. The van der Waals surface area contributed by atoms with Crippen LogP contribution in [0.4, 0.5) is 0 Å². The van der Waals surface area contributed by atoms with Gasteiger partial charge in [-0.25, -0.2) is 0 Å². The van der Waals surface area contributed by atoms with Crippen molar-refractivity contribution in [1.29, 1.82) is 0 Å². The van der Waals surface area contributed by atoms with Crippen LogP contribution in [0.25, 0.3) is 242 Å².